The first-order valence-electron chi connectivity index (χ1n) is 36.1. The molecule has 1 aliphatic heterocycles. The lowest BCUT2D eigenvalue weighted by atomic mass is 9.85. The highest BCUT2D eigenvalue weighted by atomic mass is 16.5. The van der Waals surface area contributed by atoms with Gasteiger partial charge in [-0.25, -0.2) is 9.97 Å². The number of carbonyl (C=O) groups is 4. The number of hydrogen-bond acceptors (Lipinski definition) is 8. The predicted molar refractivity (Wildman–Crippen MR) is 412 cm³/mol. The van der Waals surface area contributed by atoms with Crippen molar-refractivity contribution in [2.75, 3.05) is 19.7 Å². The number of nitrogens with one attached hydrogen (secondary N) is 7. The second-order valence-electron chi connectivity index (χ2n) is 26.8. The summed E-state index contributed by atoms with van der Waals surface area (Å²) in [5.41, 5.74) is 14.6. The number of esters is 1. The normalized spacial score (nSPS) is 13.9. The summed E-state index contributed by atoms with van der Waals surface area (Å²) in [4.78, 5) is 79.6. The van der Waals surface area contributed by atoms with Crippen molar-refractivity contribution in [2.24, 2.45) is 17.8 Å². The van der Waals surface area contributed by atoms with E-state index in [2.05, 4.69) is 127 Å². The number of imidazole rings is 2. The molecule has 0 unspecified atom stereocenters. The lowest BCUT2D eigenvalue weighted by molar-refractivity contribution is -0.147. The number of fused-ring (bicyclic) bond motifs is 7. The Kier molecular flexibility index (Phi) is 21.4. The highest BCUT2D eigenvalue weighted by molar-refractivity contribution is 5.91. The molecule has 516 valence electrons. The average Bonchev–Trinajstić information content (AvgIpc) is 1.58. The van der Waals surface area contributed by atoms with Crippen molar-refractivity contribution < 1.29 is 23.9 Å². The molecule has 10 aromatic carbocycles. The predicted octanol–water partition coefficient (Wildman–Crippen LogP) is 17.7. The third kappa shape index (κ3) is 16.1. The molecular weight excluding hydrogens is 1280 g/mol. The van der Waals surface area contributed by atoms with Gasteiger partial charge in [0.2, 0.25) is 11.8 Å². The molecular formula is C89H85N9O5. The van der Waals surface area contributed by atoms with E-state index in [-0.39, 0.29) is 48.9 Å². The molecule has 5 heterocycles. The largest absolute Gasteiger partial charge is 0.465 e. The van der Waals surface area contributed by atoms with Gasteiger partial charge in [-0.1, -0.05) is 244 Å². The third-order valence-electron chi connectivity index (χ3n) is 20.2. The summed E-state index contributed by atoms with van der Waals surface area (Å²) in [6, 6.07) is 81.2. The fourth-order valence-corrected chi connectivity index (χ4v) is 14.8. The zero-order chi connectivity index (χ0) is 70.4. The summed E-state index contributed by atoms with van der Waals surface area (Å²) in [7, 11) is 0. The van der Waals surface area contributed by atoms with Gasteiger partial charge in [0.05, 0.1) is 48.2 Å². The smallest absolute Gasteiger partial charge is 0.306 e. The van der Waals surface area contributed by atoms with Gasteiger partial charge in [0, 0.05) is 58.4 Å². The first kappa shape index (κ1) is 68.4. The van der Waals surface area contributed by atoms with Crippen LogP contribution in [0.3, 0.4) is 0 Å². The van der Waals surface area contributed by atoms with Crippen molar-refractivity contribution in [2.45, 2.75) is 83.2 Å². The van der Waals surface area contributed by atoms with Crippen molar-refractivity contribution in [3.05, 3.63) is 312 Å². The maximum atomic E-state index is 14.6. The van der Waals surface area contributed by atoms with Gasteiger partial charge in [0.15, 0.2) is 0 Å². The molecule has 103 heavy (non-hydrogen) atoms. The number of nitrogens with zero attached hydrogens (tertiary/aromatic N) is 2. The number of aromatic amines is 4. The number of amides is 2. The number of carbonyl (C=O) groups excluding carboxylic acids is 4. The number of piperidine rings is 1. The summed E-state index contributed by atoms with van der Waals surface area (Å²) in [6.07, 6.45) is 11.2. The Morgan fingerprint density at radius 1 is 0.466 bits per heavy atom. The quantitative estimate of drug-likeness (QED) is 0.0306. The fraction of sp³-hybridized carbons (Fsp3) is 0.213. The maximum absolute atomic E-state index is 14.6. The molecule has 1 fully saturated rings. The molecule has 1 saturated heterocycles. The number of Topliss-reactive ketones (excluding diaryl/α,β-unsaturated/α-hetero) is 1. The van der Waals surface area contributed by atoms with Gasteiger partial charge in [0.25, 0.3) is 0 Å². The van der Waals surface area contributed by atoms with E-state index in [9.17, 15) is 19.2 Å². The number of rotatable bonds is 23. The molecule has 2 aliphatic rings. The summed E-state index contributed by atoms with van der Waals surface area (Å²) in [6.45, 7) is 5.88. The van der Waals surface area contributed by atoms with Crippen LogP contribution in [0.15, 0.2) is 267 Å². The number of hydrogen-bond donors (Lipinski definition) is 7. The SMILES string of the molecule is CC.O=C(C[C@H](Cc1c[nH]c2ccccc12)C(=O)N[C@H](Cc1ccc2ccccc2c1)c1ncc(-c2ccccc2)[nH]1)C1CCNCC1.O=C(C[C@H](Cc1c[nH]c2ccccc12)C(=O)N[C@H](Cc1ccc2ccccc2c1)c1ncc(-c2ccccc2)[nH]1)OCC1c2ccccc2-c2ccccc21. The van der Waals surface area contributed by atoms with E-state index in [0.29, 0.717) is 37.3 Å². The first-order chi connectivity index (χ1) is 50.7. The Morgan fingerprint density at radius 2 is 0.893 bits per heavy atom. The van der Waals surface area contributed by atoms with Crippen molar-refractivity contribution in [3.63, 3.8) is 0 Å². The van der Waals surface area contributed by atoms with Crippen molar-refractivity contribution in [1.82, 2.24) is 45.9 Å². The Bertz CT molecular complexity index is 5190. The monoisotopic (exact) mass is 1360 g/mol. The first-order valence-corrected chi connectivity index (χ1v) is 36.1. The second-order valence-corrected chi connectivity index (χ2v) is 26.8. The molecule has 0 saturated carbocycles. The van der Waals surface area contributed by atoms with Gasteiger partial charge >= 0.3 is 5.97 Å². The number of para-hydroxylation sites is 2. The summed E-state index contributed by atoms with van der Waals surface area (Å²) >= 11 is 0. The van der Waals surface area contributed by atoms with E-state index < -0.39 is 29.9 Å². The molecule has 2 amide bonds. The van der Waals surface area contributed by atoms with E-state index in [1.165, 1.54) is 16.5 Å². The number of aromatic nitrogens is 6. The highest BCUT2D eigenvalue weighted by Crippen LogP contribution is 2.45. The van der Waals surface area contributed by atoms with Gasteiger partial charge < -0.3 is 40.6 Å². The van der Waals surface area contributed by atoms with Gasteiger partial charge in [-0.15, -0.1) is 0 Å². The van der Waals surface area contributed by atoms with Crippen molar-refractivity contribution in [1.29, 1.82) is 0 Å². The molecule has 14 heteroatoms. The van der Waals surface area contributed by atoms with Crippen LogP contribution in [0.1, 0.15) is 103 Å². The molecule has 4 atom stereocenters. The van der Waals surface area contributed by atoms with Gasteiger partial charge in [0.1, 0.15) is 24.0 Å². The molecule has 14 nitrogen and oxygen atoms in total. The van der Waals surface area contributed by atoms with Crippen LogP contribution >= 0.6 is 0 Å². The third-order valence-corrected chi connectivity index (χ3v) is 20.2. The fourth-order valence-electron chi connectivity index (χ4n) is 14.8. The zero-order valence-electron chi connectivity index (χ0n) is 58.1. The molecule has 7 N–H and O–H groups in total. The van der Waals surface area contributed by atoms with Gasteiger partial charge in [-0.2, -0.15) is 0 Å². The average molecular weight is 1360 g/mol. The number of ketones is 1. The van der Waals surface area contributed by atoms with Gasteiger partial charge in [-0.05, 0) is 141 Å². The summed E-state index contributed by atoms with van der Waals surface area (Å²) in [5, 5.41) is 16.8. The van der Waals surface area contributed by atoms with Crippen LogP contribution in [0, 0.1) is 17.8 Å². The minimum Gasteiger partial charge on any atom is -0.465 e. The van der Waals surface area contributed by atoms with E-state index in [4.69, 9.17) is 14.7 Å². The molecule has 0 bridgehead atoms. The van der Waals surface area contributed by atoms with Crippen LogP contribution in [0.25, 0.3) is 77.0 Å². The van der Waals surface area contributed by atoms with E-state index >= 15 is 0 Å². The van der Waals surface area contributed by atoms with E-state index in [1.807, 2.05) is 190 Å². The number of benzene rings is 10. The van der Waals surface area contributed by atoms with Crippen LogP contribution in [-0.4, -0.2) is 73.2 Å². The molecule has 0 radical (unpaired) electrons. The number of ether oxygens (including phenoxy) is 1. The topological polar surface area (TPSA) is 203 Å². The minimum absolute atomic E-state index is 0.00794. The van der Waals surface area contributed by atoms with Crippen LogP contribution in [0.2, 0.25) is 0 Å². The van der Waals surface area contributed by atoms with Crippen LogP contribution in [-0.2, 0) is 49.6 Å². The van der Waals surface area contributed by atoms with Crippen LogP contribution < -0.4 is 16.0 Å². The van der Waals surface area contributed by atoms with Crippen LogP contribution in [0.5, 0.6) is 0 Å². The molecule has 14 aromatic rings. The lowest BCUT2D eigenvalue weighted by Crippen LogP contribution is -2.39. The second kappa shape index (κ2) is 32.3. The zero-order valence-corrected chi connectivity index (χ0v) is 58.1. The lowest BCUT2D eigenvalue weighted by Gasteiger charge is -2.25. The van der Waals surface area contributed by atoms with Crippen molar-refractivity contribution in [3.8, 4) is 33.6 Å². The Morgan fingerprint density at radius 3 is 1.39 bits per heavy atom. The number of H-pyrrole nitrogens is 4. The Labute approximate surface area is 600 Å². The van der Waals surface area contributed by atoms with Crippen LogP contribution in [0.4, 0.5) is 0 Å². The summed E-state index contributed by atoms with van der Waals surface area (Å²) in [5.74, 6) is -0.537. The molecule has 4 aromatic heterocycles. The molecule has 16 rings (SSSR count). The standard InChI is InChI=1S/C48H40N4O3.C39H39N5O2.C2H6/c53-46(55-30-42-40-19-8-6-17-38(40)39-18-7-9-20-41(39)42)27-35(26-36-28-49-43-21-11-10-16-37(36)43)48(54)52-44(25-31-22-23-32-12-4-5-15-34(32)24-31)47-50-29-45(51-47)33-13-2-1-3-14-33;45-37(29-16-18-40-19-17-29)23-31(22-32-24-41-34-13-7-6-12-33(32)34)39(46)44-35(21-26-14-15-27-8-4-5-11-30(27)20-26)38-42-25-36(43-38)28-9-2-1-3-10-28;1-2/h1-24,28-29,35,42,44,49H,25-27,30H2,(H,50,51)(H,52,54);1-15,20,24-25,29,31,35,40-41H,16-19,21-23H2,(H,42,43)(H,44,46);1-2H3/t35-,44+;31-,35+;/m00./s1. The molecule has 0 spiro atoms. The maximum Gasteiger partial charge on any atom is 0.306 e. The minimum atomic E-state index is -0.697. The summed E-state index contributed by atoms with van der Waals surface area (Å²) < 4.78 is 6.06. The Hall–Kier alpha value is -11.7. The van der Waals surface area contributed by atoms with Crippen molar-refractivity contribution >= 4 is 66.9 Å². The van der Waals surface area contributed by atoms with E-state index in [0.717, 1.165) is 120 Å². The highest BCUT2D eigenvalue weighted by Gasteiger charge is 2.34. The Balaban J connectivity index is 0.000000173. The van der Waals surface area contributed by atoms with Gasteiger partial charge in [-0.3, -0.25) is 19.2 Å². The molecule has 1 aliphatic carbocycles. The van der Waals surface area contributed by atoms with E-state index in [1.54, 1.807) is 0 Å².